The summed E-state index contributed by atoms with van der Waals surface area (Å²) in [7, 11) is 0. The fourth-order valence-corrected chi connectivity index (χ4v) is 2.54. The maximum atomic E-state index is 3.64. The molecule has 1 unspecified atom stereocenters. The second-order valence-corrected chi connectivity index (χ2v) is 6.67. The molecule has 2 nitrogen and oxygen atoms in total. The van der Waals surface area contributed by atoms with Crippen molar-refractivity contribution in [3.05, 3.63) is 0 Å². The summed E-state index contributed by atoms with van der Waals surface area (Å²) in [5.41, 5.74) is 0.400. The third-order valence-corrected chi connectivity index (χ3v) is 3.37. The van der Waals surface area contributed by atoms with Crippen LogP contribution in [0.25, 0.3) is 0 Å². The van der Waals surface area contributed by atoms with E-state index < -0.39 is 0 Å². The molecule has 16 heavy (non-hydrogen) atoms. The minimum absolute atomic E-state index is 0.400. The molecule has 1 rings (SSSR count). The predicted octanol–water partition coefficient (Wildman–Crippen LogP) is 2.89. The van der Waals surface area contributed by atoms with Crippen LogP contribution in [-0.2, 0) is 0 Å². The number of likely N-dealkylation sites (tertiary alicyclic amines) is 1. The summed E-state index contributed by atoms with van der Waals surface area (Å²) in [4.78, 5) is 2.67. The summed E-state index contributed by atoms with van der Waals surface area (Å²) in [5, 5.41) is 3.64. The lowest BCUT2D eigenvalue weighted by atomic mass is 9.96. The molecule has 1 aliphatic rings. The lowest BCUT2D eigenvalue weighted by Crippen LogP contribution is -2.49. The van der Waals surface area contributed by atoms with Gasteiger partial charge >= 0.3 is 0 Å². The zero-order valence-electron chi connectivity index (χ0n) is 11.8. The van der Waals surface area contributed by atoms with Crippen LogP contribution in [0, 0.1) is 5.41 Å². The van der Waals surface area contributed by atoms with Gasteiger partial charge in [0.1, 0.15) is 0 Å². The van der Waals surface area contributed by atoms with Gasteiger partial charge in [-0.25, -0.2) is 0 Å². The van der Waals surface area contributed by atoms with Crippen LogP contribution >= 0.6 is 0 Å². The third-order valence-electron chi connectivity index (χ3n) is 3.37. The summed E-state index contributed by atoms with van der Waals surface area (Å²) < 4.78 is 0. The summed E-state index contributed by atoms with van der Waals surface area (Å²) in [6.07, 6.45) is 4.16. The van der Waals surface area contributed by atoms with Crippen molar-refractivity contribution >= 4 is 0 Å². The Labute approximate surface area is 102 Å². The highest BCUT2D eigenvalue weighted by atomic mass is 15.2. The monoisotopic (exact) mass is 226 g/mol. The minimum Gasteiger partial charge on any atom is -0.315 e. The van der Waals surface area contributed by atoms with Gasteiger partial charge in [-0.15, -0.1) is 0 Å². The van der Waals surface area contributed by atoms with E-state index in [9.17, 15) is 0 Å². The van der Waals surface area contributed by atoms with E-state index in [1.165, 1.54) is 25.8 Å². The molecule has 0 aromatic heterocycles. The lowest BCUT2D eigenvalue weighted by molar-refractivity contribution is 0.108. The lowest BCUT2D eigenvalue weighted by Gasteiger charge is -2.39. The van der Waals surface area contributed by atoms with Crippen molar-refractivity contribution in [2.75, 3.05) is 19.6 Å². The molecule has 96 valence electrons. The molecule has 2 heteroatoms. The van der Waals surface area contributed by atoms with E-state index in [2.05, 4.69) is 44.8 Å². The SMILES string of the molecule is CC(C)N1CCCCC1CNCC(C)(C)C. The van der Waals surface area contributed by atoms with Crippen molar-refractivity contribution in [3.8, 4) is 0 Å². The van der Waals surface area contributed by atoms with Crippen molar-refractivity contribution < 1.29 is 0 Å². The average molecular weight is 226 g/mol. The zero-order valence-corrected chi connectivity index (χ0v) is 11.8. The molecule has 1 saturated heterocycles. The molecule has 0 aromatic carbocycles. The van der Waals surface area contributed by atoms with Crippen LogP contribution in [0.3, 0.4) is 0 Å². The van der Waals surface area contributed by atoms with Gasteiger partial charge in [-0.3, -0.25) is 4.90 Å². The van der Waals surface area contributed by atoms with E-state index in [1.807, 2.05) is 0 Å². The molecule has 1 atom stereocenters. The summed E-state index contributed by atoms with van der Waals surface area (Å²) in [6.45, 7) is 15.1. The largest absolute Gasteiger partial charge is 0.315 e. The van der Waals surface area contributed by atoms with Crippen LogP contribution < -0.4 is 5.32 Å². The molecule has 1 aliphatic heterocycles. The number of rotatable bonds is 4. The van der Waals surface area contributed by atoms with E-state index in [0.717, 1.165) is 19.1 Å². The van der Waals surface area contributed by atoms with Crippen molar-refractivity contribution in [1.29, 1.82) is 0 Å². The number of piperidine rings is 1. The Bertz CT molecular complexity index is 193. The summed E-state index contributed by atoms with van der Waals surface area (Å²) >= 11 is 0. The zero-order chi connectivity index (χ0) is 12.2. The smallest absolute Gasteiger partial charge is 0.0223 e. The van der Waals surface area contributed by atoms with Crippen molar-refractivity contribution in [2.45, 2.75) is 66.0 Å². The van der Waals surface area contributed by atoms with Gasteiger partial charge in [0.05, 0.1) is 0 Å². The van der Waals surface area contributed by atoms with Crippen LogP contribution in [0.4, 0.5) is 0 Å². The van der Waals surface area contributed by atoms with E-state index in [4.69, 9.17) is 0 Å². The molecule has 0 aromatic rings. The van der Waals surface area contributed by atoms with Gasteiger partial charge in [0.25, 0.3) is 0 Å². The summed E-state index contributed by atoms with van der Waals surface area (Å²) in [5.74, 6) is 0. The molecule has 1 fully saturated rings. The predicted molar refractivity (Wildman–Crippen MR) is 71.8 cm³/mol. The first-order chi connectivity index (χ1) is 7.40. The Balaban J connectivity index is 2.33. The highest BCUT2D eigenvalue weighted by Crippen LogP contribution is 2.19. The van der Waals surface area contributed by atoms with Gasteiger partial charge in [-0.05, 0) is 38.6 Å². The maximum Gasteiger partial charge on any atom is 0.0223 e. The van der Waals surface area contributed by atoms with Crippen LogP contribution in [0.1, 0.15) is 53.9 Å². The first-order valence-corrected chi connectivity index (χ1v) is 6.86. The minimum atomic E-state index is 0.400. The van der Waals surface area contributed by atoms with E-state index >= 15 is 0 Å². The van der Waals surface area contributed by atoms with Gasteiger partial charge < -0.3 is 5.32 Å². The quantitative estimate of drug-likeness (QED) is 0.793. The molecule has 0 spiro atoms. The van der Waals surface area contributed by atoms with Crippen LogP contribution in [0.5, 0.6) is 0 Å². The van der Waals surface area contributed by atoms with E-state index in [1.54, 1.807) is 0 Å². The molecule has 0 bridgehead atoms. The third kappa shape index (κ3) is 4.84. The van der Waals surface area contributed by atoms with Gasteiger partial charge in [0, 0.05) is 25.2 Å². The number of hydrogen-bond donors (Lipinski definition) is 1. The standard InChI is InChI=1S/C14H30N2/c1-12(2)16-9-7-6-8-13(16)10-15-11-14(3,4)5/h12-13,15H,6-11H2,1-5H3. The second-order valence-electron chi connectivity index (χ2n) is 6.67. The highest BCUT2D eigenvalue weighted by Gasteiger charge is 2.24. The molecule has 1 heterocycles. The normalized spacial score (nSPS) is 24.0. The first kappa shape index (κ1) is 14.0. The topological polar surface area (TPSA) is 15.3 Å². The fourth-order valence-electron chi connectivity index (χ4n) is 2.54. The molecular formula is C14H30N2. The van der Waals surface area contributed by atoms with Crippen molar-refractivity contribution in [3.63, 3.8) is 0 Å². The Morgan fingerprint density at radius 3 is 2.50 bits per heavy atom. The number of hydrogen-bond acceptors (Lipinski definition) is 2. The molecule has 0 saturated carbocycles. The van der Waals surface area contributed by atoms with Gasteiger partial charge in [-0.2, -0.15) is 0 Å². The number of nitrogens with one attached hydrogen (secondary N) is 1. The highest BCUT2D eigenvalue weighted by molar-refractivity contribution is 4.81. The van der Waals surface area contributed by atoms with Crippen LogP contribution in [-0.4, -0.2) is 36.6 Å². The molecule has 0 amide bonds. The summed E-state index contributed by atoms with van der Waals surface area (Å²) in [6, 6.07) is 1.46. The number of nitrogens with zero attached hydrogens (tertiary/aromatic N) is 1. The Morgan fingerprint density at radius 1 is 1.25 bits per heavy atom. The van der Waals surface area contributed by atoms with E-state index in [0.29, 0.717) is 11.5 Å². The molecule has 1 N–H and O–H groups in total. The van der Waals surface area contributed by atoms with Crippen LogP contribution in [0.15, 0.2) is 0 Å². The van der Waals surface area contributed by atoms with E-state index in [-0.39, 0.29) is 0 Å². The van der Waals surface area contributed by atoms with Gasteiger partial charge in [0.15, 0.2) is 0 Å². The van der Waals surface area contributed by atoms with Crippen LogP contribution in [0.2, 0.25) is 0 Å². The first-order valence-electron chi connectivity index (χ1n) is 6.86. The molecular weight excluding hydrogens is 196 g/mol. The molecule has 0 radical (unpaired) electrons. The van der Waals surface area contributed by atoms with Gasteiger partial charge in [-0.1, -0.05) is 27.2 Å². The Hall–Kier alpha value is -0.0800. The van der Waals surface area contributed by atoms with Crippen molar-refractivity contribution in [2.24, 2.45) is 5.41 Å². The fraction of sp³-hybridized carbons (Fsp3) is 1.00. The second kappa shape index (κ2) is 6.02. The molecule has 0 aliphatic carbocycles. The Morgan fingerprint density at radius 2 is 1.94 bits per heavy atom. The average Bonchev–Trinajstić information content (AvgIpc) is 2.16. The maximum absolute atomic E-state index is 3.64. The Kier molecular flexibility index (Phi) is 5.26. The van der Waals surface area contributed by atoms with Gasteiger partial charge in [0.2, 0.25) is 0 Å². The van der Waals surface area contributed by atoms with Crippen molar-refractivity contribution in [1.82, 2.24) is 10.2 Å².